The smallest absolute Gasteiger partial charge is 0.306 e. The van der Waals surface area contributed by atoms with E-state index >= 15 is 0 Å². The fraction of sp³-hybridized carbons (Fsp3) is 0.619. The SMILES string of the molecule is CCC(CCCc1ccc(C(=O)C2CCC(CN)CC2)cc1)C(=O)O. The zero-order valence-electron chi connectivity index (χ0n) is 15.2. The van der Waals surface area contributed by atoms with E-state index in [2.05, 4.69) is 0 Å². The number of carboxylic acids is 1. The molecular formula is C21H31NO3. The minimum atomic E-state index is -0.701. The number of rotatable bonds is 9. The molecule has 1 aliphatic rings. The molecule has 1 unspecified atom stereocenters. The fourth-order valence-corrected chi connectivity index (χ4v) is 3.79. The lowest BCUT2D eigenvalue weighted by atomic mass is 9.78. The largest absolute Gasteiger partial charge is 0.481 e. The first-order valence-electron chi connectivity index (χ1n) is 9.61. The van der Waals surface area contributed by atoms with Crippen molar-refractivity contribution in [2.24, 2.45) is 23.5 Å². The lowest BCUT2D eigenvalue weighted by Gasteiger charge is -2.26. The first-order chi connectivity index (χ1) is 12.0. The van der Waals surface area contributed by atoms with E-state index in [1.807, 2.05) is 31.2 Å². The second-order valence-electron chi connectivity index (χ2n) is 7.35. The van der Waals surface area contributed by atoms with Gasteiger partial charge in [0, 0.05) is 11.5 Å². The second-order valence-corrected chi connectivity index (χ2v) is 7.35. The summed E-state index contributed by atoms with van der Waals surface area (Å²) in [5, 5.41) is 9.08. The molecule has 0 heterocycles. The Labute approximate surface area is 150 Å². The molecule has 138 valence electrons. The van der Waals surface area contributed by atoms with Gasteiger partial charge in [0.1, 0.15) is 0 Å². The van der Waals surface area contributed by atoms with Gasteiger partial charge in [-0.05, 0) is 69.4 Å². The summed E-state index contributed by atoms with van der Waals surface area (Å²) in [5.74, 6) is 0.0509. The van der Waals surface area contributed by atoms with Crippen LogP contribution in [-0.4, -0.2) is 23.4 Å². The van der Waals surface area contributed by atoms with Crippen molar-refractivity contribution in [3.8, 4) is 0 Å². The number of benzene rings is 1. The average Bonchev–Trinajstić information content (AvgIpc) is 2.65. The molecule has 4 heteroatoms. The van der Waals surface area contributed by atoms with Crippen molar-refractivity contribution in [3.05, 3.63) is 35.4 Å². The molecule has 0 amide bonds. The van der Waals surface area contributed by atoms with Gasteiger partial charge in [0.15, 0.2) is 5.78 Å². The maximum absolute atomic E-state index is 12.6. The number of carbonyl (C=O) groups is 2. The van der Waals surface area contributed by atoms with E-state index < -0.39 is 5.97 Å². The first kappa shape index (κ1) is 19.6. The van der Waals surface area contributed by atoms with Crippen molar-refractivity contribution in [1.29, 1.82) is 0 Å². The summed E-state index contributed by atoms with van der Waals surface area (Å²) in [6, 6.07) is 7.89. The maximum atomic E-state index is 12.6. The van der Waals surface area contributed by atoms with Gasteiger partial charge in [-0.15, -0.1) is 0 Å². The standard InChI is InChI=1S/C21H31NO3/c1-2-17(21(24)25)5-3-4-15-6-10-18(11-7-15)20(23)19-12-8-16(14-22)9-13-19/h6-7,10-11,16-17,19H,2-5,8-9,12-14,22H2,1H3,(H,24,25). The van der Waals surface area contributed by atoms with Crippen molar-refractivity contribution in [2.75, 3.05) is 6.54 Å². The molecule has 0 spiro atoms. The lowest BCUT2D eigenvalue weighted by Crippen LogP contribution is -2.25. The molecule has 3 N–H and O–H groups in total. The topological polar surface area (TPSA) is 80.4 Å². The Balaban J connectivity index is 1.83. The Morgan fingerprint density at radius 1 is 1.16 bits per heavy atom. The Morgan fingerprint density at radius 2 is 1.80 bits per heavy atom. The van der Waals surface area contributed by atoms with Gasteiger partial charge in [0.2, 0.25) is 0 Å². The van der Waals surface area contributed by atoms with E-state index in [0.29, 0.717) is 18.8 Å². The summed E-state index contributed by atoms with van der Waals surface area (Å²) in [7, 11) is 0. The molecule has 1 aromatic rings. The zero-order valence-corrected chi connectivity index (χ0v) is 15.2. The third-order valence-electron chi connectivity index (χ3n) is 5.65. The van der Waals surface area contributed by atoms with Crippen LogP contribution in [0.5, 0.6) is 0 Å². The third-order valence-corrected chi connectivity index (χ3v) is 5.65. The van der Waals surface area contributed by atoms with Crippen LogP contribution in [0.3, 0.4) is 0 Å². The normalized spacial score (nSPS) is 21.7. The van der Waals surface area contributed by atoms with Crippen molar-refractivity contribution in [2.45, 2.75) is 58.3 Å². The number of ketones is 1. The number of carbonyl (C=O) groups excluding carboxylic acids is 1. The summed E-state index contributed by atoms with van der Waals surface area (Å²) < 4.78 is 0. The number of aryl methyl sites for hydroxylation is 1. The minimum Gasteiger partial charge on any atom is -0.481 e. The monoisotopic (exact) mass is 345 g/mol. The molecule has 0 aromatic heterocycles. The predicted molar refractivity (Wildman–Crippen MR) is 99.6 cm³/mol. The molecule has 25 heavy (non-hydrogen) atoms. The van der Waals surface area contributed by atoms with Crippen LogP contribution >= 0.6 is 0 Å². The van der Waals surface area contributed by atoms with Crippen molar-refractivity contribution in [1.82, 2.24) is 0 Å². The molecule has 0 aliphatic heterocycles. The van der Waals surface area contributed by atoms with Crippen molar-refractivity contribution >= 4 is 11.8 Å². The van der Waals surface area contributed by atoms with E-state index in [0.717, 1.165) is 50.6 Å². The highest BCUT2D eigenvalue weighted by molar-refractivity contribution is 5.97. The minimum absolute atomic E-state index is 0.148. The Morgan fingerprint density at radius 3 is 2.32 bits per heavy atom. The van der Waals surface area contributed by atoms with E-state index in [-0.39, 0.29) is 17.6 Å². The predicted octanol–water partition coefficient (Wildman–Crippen LogP) is 4.07. The van der Waals surface area contributed by atoms with E-state index in [1.165, 1.54) is 5.56 Å². The quantitative estimate of drug-likeness (QED) is 0.661. The first-order valence-corrected chi connectivity index (χ1v) is 9.61. The van der Waals surface area contributed by atoms with Gasteiger partial charge >= 0.3 is 5.97 Å². The number of aliphatic carboxylic acids is 1. The van der Waals surface area contributed by atoms with Crippen molar-refractivity contribution in [3.63, 3.8) is 0 Å². The van der Waals surface area contributed by atoms with E-state index in [9.17, 15) is 9.59 Å². The maximum Gasteiger partial charge on any atom is 0.306 e. The Hall–Kier alpha value is -1.68. The van der Waals surface area contributed by atoms with Gasteiger partial charge in [-0.1, -0.05) is 31.2 Å². The fourth-order valence-electron chi connectivity index (χ4n) is 3.79. The van der Waals surface area contributed by atoms with Crippen LogP contribution in [0.15, 0.2) is 24.3 Å². The van der Waals surface area contributed by atoms with Crippen LogP contribution in [0.1, 0.15) is 67.8 Å². The van der Waals surface area contributed by atoms with Gasteiger partial charge in [0.05, 0.1) is 5.92 Å². The lowest BCUT2D eigenvalue weighted by molar-refractivity contribution is -0.142. The molecule has 2 rings (SSSR count). The highest BCUT2D eigenvalue weighted by Gasteiger charge is 2.26. The van der Waals surface area contributed by atoms with Gasteiger partial charge in [-0.2, -0.15) is 0 Å². The van der Waals surface area contributed by atoms with Gasteiger partial charge < -0.3 is 10.8 Å². The van der Waals surface area contributed by atoms with Gasteiger partial charge in [-0.3, -0.25) is 9.59 Å². The molecule has 1 aromatic carbocycles. The van der Waals surface area contributed by atoms with Crippen LogP contribution in [0.2, 0.25) is 0 Å². The molecule has 0 radical (unpaired) electrons. The molecule has 1 aliphatic carbocycles. The Bertz CT molecular complexity index is 559. The number of hydrogen-bond acceptors (Lipinski definition) is 3. The van der Waals surface area contributed by atoms with Crippen molar-refractivity contribution < 1.29 is 14.7 Å². The number of carboxylic acid groups (broad SMARTS) is 1. The highest BCUT2D eigenvalue weighted by Crippen LogP contribution is 2.30. The summed E-state index contributed by atoms with van der Waals surface area (Å²) >= 11 is 0. The summed E-state index contributed by atoms with van der Waals surface area (Å²) in [6.45, 7) is 2.65. The van der Waals surface area contributed by atoms with Crippen LogP contribution in [0, 0.1) is 17.8 Å². The molecule has 1 atom stereocenters. The summed E-state index contributed by atoms with van der Waals surface area (Å²) in [5.41, 5.74) is 7.69. The molecular weight excluding hydrogens is 314 g/mol. The van der Waals surface area contributed by atoms with Gasteiger partial charge in [0.25, 0.3) is 0 Å². The summed E-state index contributed by atoms with van der Waals surface area (Å²) in [6.07, 6.45) is 7.14. The molecule has 1 saturated carbocycles. The number of Topliss-reactive ketones (excluding diaryl/α,β-unsaturated/α-hetero) is 1. The second kappa shape index (κ2) is 9.71. The highest BCUT2D eigenvalue weighted by atomic mass is 16.4. The summed E-state index contributed by atoms with van der Waals surface area (Å²) in [4.78, 5) is 23.7. The third kappa shape index (κ3) is 5.67. The Kier molecular flexibility index (Phi) is 7.63. The molecule has 4 nitrogen and oxygen atoms in total. The molecule has 0 bridgehead atoms. The zero-order chi connectivity index (χ0) is 18.2. The van der Waals surface area contributed by atoms with Crippen LogP contribution < -0.4 is 5.73 Å². The van der Waals surface area contributed by atoms with Crippen LogP contribution in [0.25, 0.3) is 0 Å². The van der Waals surface area contributed by atoms with Crippen LogP contribution in [0.4, 0.5) is 0 Å². The van der Waals surface area contributed by atoms with E-state index in [4.69, 9.17) is 10.8 Å². The van der Waals surface area contributed by atoms with Crippen LogP contribution in [-0.2, 0) is 11.2 Å². The number of nitrogens with two attached hydrogens (primary N) is 1. The molecule has 0 saturated heterocycles. The number of hydrogen-bond donors (Lipinski definition) is 2. The average molecular weight is 345 g/mol. The van der Waals surface area contributed by atoms with Gasteiger partial charge in [-0.25, -0.2) is 0 Å². The van der Waals surface area contributed by atoms with E-state index in [1.54, 1.807) is 0 Å². The molecule has 1 fully saturated rings.